The molecule has 1 amide bonds. The van der Waals surface area contributed by atoms with Crippen molar-refractivity contribution in [3.05, 3.63) is 54.1 Å². The molecule has 158 valence electrons. The van der Waals surface area contributed by atoms with Gasteiger partial charge in [0.15, 0.2) is 0 Å². The summed E-state index contributed by atoms with van der Waals surface area (Å²) in [6, 6.07) is 15.4. The van der Waals surface area contributed by atoms with Gasteiger partial charge in [0.1, 0.15) is 5.75 Å². The van der Waals surface area contributed by atoms with Gasteiger partial charge in [0.25, 0.3) is 0 Å². The van der Waals surface area contributed by atoms with Gasteiger partial charge in [0.05, 0.1) is 35.4 Å². The number of nitrogens with zero attached hydrogens (tertiary/aromatic N) is 3. The molecule has 2 aromatic carbocycles. The lowest BCUT2D eigenvalue weighted by Gasteiger charge is -2.34. The first-order valence-electron chi connectivity index (χ1n) is 9.69. The second-order valence-corrected chi connectivity index (χ2v) is 8.65. The highest BCUT2D eigenvalue weighted by Crippen LogP contribution is 2.25. The zero-order chi connectivity index (χ0) is 21.6. The first kappa shape index (κ1) is 21.6. The Morgan fingerprint density at radius 1 is 1.13 bits per heavy atom. The molecule has 0 atom stereocenters. The number of rotatable bonds is 7. The van der Waals surface area contributed by atoms with Crippen molar-refractivity contribution in [2.45, 2.75) is 11.8 Å². The molecule has 0 aliphatic carbocycles. The van der Waals surface area contributed by atoms with E-state index in [1.165, 1.54) is 4.31 Å². The highest BCUT2D eigenvalue weighted by Gasteiger charge is 2.29. The normalized spacial score (nSPS) is 14.7. The van der Waals surface area contributed by atoms with E-state index in [0.29, 0.717) is 36.7 Å². The Bertz CT molecular complexity index is 1030. The van der Waals surface area contributed by atoms with Gasteiger partial charge in [-0.2, -0.15) is 9.57 Å². The molecule has 30 heavy (non-hydrogen) atoms. The quantitative estimate of drug-likeness (QED) is 0.723. The number of benzene rings is 2. The number of sulfonamides is 1. The summed E-state index contributed by atoms with van der Waals surface area (Å²) in [7, 11) is -3.55. The zero-order valence-corrected chi connectivity index (χ0v) is 17.6. The minimum Gasteiger partial charge on any atom is -0.492 e. The minimum atomic E-state index is -3.55. The van der Waals surface area contributed by atoms with Crippen LogP contribution in [0.4, 0.5) is 5.69 Å². The van der Waals surface area contributed by atoms with Crippen LogP contribution in [0, 0.1) is 11.3 Å². The standard InChI is InChI=1S/C21H24N4O4S/c1-2-29-20-9-8-17(15-22)14-19(20)23-16-21(26)24-10-12-25(13-11-24)30(27,28)18-6-4-3-5-7-18/h3-9,14,23H,2,10-13,16H2,1H3. The number of carbonyl (C=O) groups is 1. The maximum Gasteiger partial charge on any atom is 0.243 e. The molecule has 0 spiro atoms. The average molecular weight is 429 g/mol. The fourth-order valence-corrected chi connectivity index (χ4v) is 4.66. The summed E-state index contributed by atoms with van der Waals surface area (Å²) in [5, 5.41) is 12.1. The van der Waals surface area contributed by atoms with E-state index in [-0.39, 0.29) is 30.4 Å². The van der Waals surface area contributed by atoms with Crippen LogP contribution in [0.1, 0.15) is 12.5 Å². The molecule has 0 bridgehead atoms. The van der Waals surface area contributed by atoms with E-state index in [4.69, 9.17) is 10.00 Å². The molecule has 9 heteroatoms. The summed E-state index contributed by atoms with van der Waals surface area (Å²) in [5.74, 6) is 0.430. The van der Waals surface area contributed by atoms with Gasteiger partial charge in [-0.25, -0.2) is 8.42 Å². The Hall–Kier alpha value is -3.09. The highest BCUT2D eigenvalue weighted by molar-refractivity contribution is 7.89. The SMILES string of the molecule is CCOc1ccc(C#N)cc1NCC(=O)N1CCN(S(=O)(=O)c2ccccc2)CC1. The van der Waals surface area contributed by atoms with Crippen LogP contribution in [0.2, 0.25) is 0 Å². The summed E-state index contributed by atoms with van der Waals surface area (Å²) in [6.45, 7) is 3.49. The number of anilines is 1. The summed E-state index contributed by atoms with van der Waals surface area (Å²) < 4.78 is 32.4. The first-order chi connectivity index (χ1) is 14.5. The molecule has 3 rings (SSSR count). The number of hydrogen-bond acceptors (Lipinski definition) is 6. The van der Waals surface area contributed by atoms with Crippen LogP contribution in [-0.2, 0) is 14.8 Å². The van der Waals surface area contributed by atoms with E-state index in [1.54, 1.807) is 53.4 Å². The van der Waals surface area contributed by atoms with Crippen molar-refractivity contribution >= 4 is 21.6 Å². The lowest BCUT2D eigenvalue weighted by Crippen LogP contribution is -2.51. The minimum absolute atomic E-state index is 0.0282. The van der Waals surface area contributed by atoms with Crippen molar-refractivity contribution in [3.63, 3.8) is 0 Å². The number of carbonyl (C=O) groups excluding carboxylic acids is 1. The lowest BCUT2D eigenvalue weighted by atomic mass is 10.2. The third-order valence-corrected chi connectivity index (χ3v) is 6.72. The summed E-state index contributed by atoms with van der Waals surface area (Å²) in [4.78, 5) is 14.5. The first-order valence-corrected chi connectivity index (χ1v) is 11.1. The van der Waals surface area contributed by atoms with E-state index >= 15 is 0 Å². The molecule has 1 aliphatic rings. The Kier molecular flexibility index (Phi) is 6.92. The van der Waals surface area contributed by atoms with Crippen LogP contribution in [-0.4, -0.2) is 62.9 Å². The summed E-state index contributed by atoms with van der Waals surface area (Å²) >= 11 is 0. The maximum absolute atomic E-state index is 12.7. The van der Waals surface area contributed by atoms with E-state index in [0.717, 1.165) is 0 Å². The van der Waals surface area contributed by atoms with Crippen molar-refractivity contribution < 1.29 is 17.9 Å². The predicted octanol–water partition coefficient (Wildman–Crippen LogP) is 1.90. The third-order valence-electron chi connectivity index (χ3n) is 4.81. The number of nitriles is 1. The molecule has 2 aromatic rings. The van der Waals surface area contributed by atoms with Crippen molar-refractivity contribution in [3.8, 4) is 11.8 Å². The predicted molar refractivity (Wildman–Crippen MR) is 113 cm³/mol. The Morgan fingerprint density at radius 2 is 1.83 bits per heavy atom. The molecule has 0 aromatic heterocycles. The Morgan fingerprint density at radius 3 is 2.47 bits per heavy atom. The fraction of sp³-hybridized carbons (Fsp3) is 0.333. The molecule has 1 N–H and O–H groups in total. The van der Waals surface area contributed by atoms with E-state index in [2.05, 4.69) is 11.4 Å². The van der Waals surface area contributed by atoms with Crippen LogP contribution >= 0.6 is 0 Å². The van der Waals surface area contributed by atoms with E-state index < -0.39 is 10.0 Å². The molecule has 0 unspecified atom stereocenters. The molecule has 1 aliphatic heterocycles. The summed E-state index contributed by atoms with van der Waals surface area (Å²) in [5.41, 5.74) is 1.04. The molecule has 1 fully saturated rings. The Labute approximate surface area is 176 Å². The molecule has 0 radical (unpaired) electrons. The number of ether oxygens (including phenoxy) is 1. The van der Waals surface area contributed by atoms with Gasteiger partial charge in [0.2, 0.25) is 15.9 Å². The zero-order valence-electron chi connectivity index (χ0n) is 16.7. The monoisotopic (exact) mass is 428 g/mol. The topological polar surface area (TPSA) is 103 Å². The number of hydrogen-bond donors (Lipinski definition) is 1. The van der Waals surface area contributed by atoms with Gasteiger partial charge in [-0.3, -0.25) is 4.79 Å². The van der Waals surface area contributed by atoms with Gasteiger partial charge in [-0.15, -0.1) is 0 Å². The van der Waals surface area contributed by atoms with Crippen LogP contribution in [0.15, 0.2) is 53.4 Å². The van der Waals surface area contributed by atoms with Crippen molar-refractivity contribution in [2.75, 3.05) is 44.6 Å². The molecule has 1 saturated heterocycles. The van der Waals surface area contributed by atoms with Crippen LogP contribution in [0.3, 0.4) is 0 Å². The van der Waals surface area contributed by atoms with Gasteiger partial charge in [0, 0.05) is 26.2 Å². The molecule has 0 saturated carbocycles. The number of nitrogens with one attached hydrogen (secondary N) is 1. The molecular formula is C21H24N4O4S. The molecule has 8 nitrogen and oxygen atoms in total. The molecular weight excluding hydrogens is 404 g/mol. The Balaban J connectivity index is 1.58. The van der Waals surface area contributed by atoms with Crippen molar-refractivity contribution in [2.24, 2.45) is 0 Å². The average Bonchev–Trinajstić information content (AvgIpc) is 2.79. The van der Waals surface area contributed by atoms with E-state index in [1.807, 2.05) is 6.92 Å². The number of piperazine rings is 1. The second kappa shape index (κ2) is 9.61. The summed E-state index contributed by atoms with van der Waals surface area (Å²) in [6.07, 6.45) is 0. The van der Waals surface area contributed by atoms with Gasteiger partial charge >= 0.3 is 0 Å². The fourth-order valence-electron chi connectivity index (χ4n) is 3.22. The largest absolute Gasteiger partial charge is 0.492 e. The van der Waals surface area contributed by atoms with Crippen LogP contribution in [0.25, 0.3) is 0 Å². The van der Waals surface area contributed by atoms with Crippen LogP contribution < -0.4 is 10.1 Å². The van der Waals surface area contributed by atoms with E-state index in [9.17, 15) is 13.2 Å². The smallest absolute Gasteiger partial charge is 0.243 e. The second-order valence-electron chi connectivity index (χ2n) is 6.71. The van der Waals surface area contributed by atoms with Gasteiger partial charge < -0.3 is 15.0 Å². The van der Waals surface area contributed by atoms with Crippen molar-refractivity contribution in [1.29, 1.82) is 5.26 Å². The molecule has 1 heterocycles. The number of amides is 1. The van der Waals surface area contributed by atoms with Gasteiger partial charge in [-0.1, -0.05) is 18.2 Å². The third kappa shape index (κ3) is 4.90. The van der Waals surface area contributed by atoms with Gasteiger partial charge in [-0.05, 0) is 37.3 Å². The maximum atomic E-state index is 12.7. The van der Waals surface area contributed by atoms with Crippen LogP contribution in [0.5, 0.6) is 5.75 Å². The lowest BCUT2D eigenvalue weighted by molar-refractivity contribution is -0.130. The van der Waals surface area contributed by atoms with Crippen molar-refractivity contribution in [1.82, 2.24) is 9.21 Å². The highest BCUT2D eigenvalue weighted by atomic mass is 32.2.